The zero-order valence-corrected chi connectivity index (χ0v) is 18.6. The van der Waals surface area contributed by atoms with Gasteiger partial charge >= 0.3 is 0 Å². The topological polar surface area (TPSA) is 84.9 Å². The van der Waals surface area contributed by atoms with Crippen molar-refractivity contribution in [2.24, 2.45) is 5.92 Å². The first-order valence-corrected chi connectivity index (χ1v) is 10.6. The van der Waals surface area contributed by atoms with Crippen LogP contribution in [0.2, 0.25) is 0 Å². The SMILES string of the molecule is COc1ccc2ccc(N3C(=O)c4ccccc4C3ON(CCC(C)C)C(C)=O)nc2n1. The van der Waals surface area contributed by atoms with Crippen LogP contribution in [0.4, 0.5) is 5.82 Å². The van der Waals surface area contributed by atoms with E-state index in [2.05, 4.69) is 23.8 Å². The minimum Gasteiger partial charge on any atom is -0.481 e. The van der Waals surface area contributed by atoms with Gasteiger partial charge in [0.05, 0.1) is 7.11 Å². The summed E-state index contributed by atoms with van der Waals surface area (Å²) >= 11 is 0. The first kappa shape index (κ1) is 21.7. The number of methoxy groups -OCH3 is 1. The summed E-state index contributed by atoms with van der Waals surface area (Å²) in [7, 11) is 1.54. The number of ether oxygens (including phenoxy) is 1. The van der Waals surface area contributed by atoms with Gasteiger partial charge < -0.3 is 4.74 Å². The van der Waals surface area contributed by atoms with E-state index in [0.717, 1.165) is 11.8 Å². The molecule has 8 heteroatoms. The minimum absolute atomic E-state index is 0.222. The van der Waals surface area contributed by atoms with E-state index < -0.39 is 6.23 Å². The van der Waals surface area contributed by atoms with Crippen LogP contribution in [0.1, 0.15) is 49.3 Å². The van der Waals surface area contributed by atoms with E-state index in [1.807, 2.05) is 24.3 Å². The van der Waals surface area contributed by atoms with E-state index in [-0.39, 0.29) is 11.8 Å². The van der Waals surface area contributed by atoms with Crippen LogP contribution in [0, 0.1) is 5.92 Å². The van der Waals surface area contributed by atoms with Crippen molar-refractivity contribution in [2.45, 2.75) is 33.4 Å². The molecule has 1 aromatic carbocycles. The van der Waals surface area contributed by atoms with Crippen molar-refractivity contribution in [2.75, 3.05) is 18.6 Å². The third-order valence-corrected chi connectivity index (χ3v) is 5.37. The maximum Gasteiger partial charge on any atom is 0.262 e. The molecule has 4 rings (SSSR count). The summed E-state index contributed by atoms with van der Waals surface area (Å²) in [6.45, 7) is 6.05. The second-order valence-corrected chi connectivity index (χ2v) is 8.09. The average molecular weight is 434 g/mol. The number of pyridine rings is 2. The number of anilines is 1. The predicted molar refractivity (Wildman–Crippen MR) is 120 cm³/mol. The Balaban J connectivity index is 1.74. The molecule has 1 unspecified atom stereocenters. The molecule has 1 aliphatic rings. The highest BCUT2D eigenvalue weighted by atomic mass is 16.7. The molecule has 0 bridgehead atoms. The Morgan fingerprint density at radius 3 is 2.59 bits per heavy atom. The molecule has 2 aromatic heterocycles. The zero-order chi connectivity index (χ0) is 22.8. The van der Waals surface area contributed by atoms with Crippen molar-refractivity contribution in [3.63, 3.8) is 0 Å². The largest absolute Gasteiger partial charge is 0.481 e. The van der Waals surface area contributed by atoms with Gasteiger partial charge in [-0.2, -0.15) is 4.98 Å². The Morgan fingerprint density at radius 1 is 1.12 bits per heavy atom. The van der Waals surface area contributed by atoms with Gasteiger partial charge in [0.1, 0.15) is 5.82 Å². The van der Waals surface area contributed by atoms with E-state index in [4.69, 9.17) is 9.57 Å². The number of rotatable bonds is 7. The van der Waals surface area contributed by atoms with Crippen LogP contribution in [-0.4, -0.2) is 40.5 Å². The molecule has 2 amide bonds. The van der Waals surface area contributed by atoms with Crippen molar-refractivity contribution in [1.82, 2.24) is 15.0 Å². The molecule has 3 heterocycles. The van der Waals surface area contributed by atoms with Crippen LogP contribution < -0.4 is 9.64 Å². The lowest BCUT2D eigenvalue weighted by Crippen LogP contribution is -2.38. The molecule has 0 spiro atoms. The van der Waals surface area contributed by atoms with E-state index >= 15 is 0 Å². The average Bonchev–Trinajstić information content (AvgIpc) is 3.07. The molecular weight excluding hydrogens is 408 g/mol. The lowest BCUT2D eigenvalue weighted by molar-refractivity contribution is -0.205. The standard InChI is InChI=1S/C24H26N4O4/c1-15(2)13-14-27(16(3)29)32-24-19-8-6-5-7-18(19)23(30)28(24)20-11-9-17-10-12-21(31-4)26-22(17)25-20/h5-12,15,24H,13-14H2,1-4H3. The molecule has 1 aliphatic heterocycles. The number of amides is 2. The van der Waals surface area contributed by atoms with E-state index in [1.165, 1.54) is 24.0 Å². The van der Waals surface area contributed by atoms with Gasteiger partial charge in [-0.3, -0.25) is 14.5 Å². The quantitative estimate of drug-likeness (QED) is 0.520. The van der Waals surface area contributed by atoms with Gasteiger partial charge in [-0.1, -0.05) is 32.0 Å². The van der Waals surface area contributed by atoms with E-state index in [1.54, 1.807) is 24.3 Å². The second kappa shape index (κ2) is 8.92. The van der Waals surface area contributed by atoms with Crippen LogP contribution >= 0.6 is 0 Å². The van der Waals surface area contributed by atoms with Crippen molar-refractivity contribution in [1.29, 1.82) is 0 Å². The Bertz CT molecular complexity index is 1160. The van der Waals surface area contributed by atoms with Crippen molar-refractivity contribution in [3.05, 3.63) is 59.7 Å². The summed E-state index contributed by atoms with van der Waals surface area (Å²) < 4.78 is 5.21. The fraction of sp³-hybridized carbons (Fsp3) is 0.333. The summed E-state index contributed by atoms with van der Waals surface area (Å²) in [6.07, 6.45) is -0.0369. The molecule has 3 aromatic rings. The normalized spacial score (nSPS) is 15.3. The number of carbonyl (C=O) groups is 2. The van der Waals surface area contributed by atoms with Crippen LogP contribution in [0.3, 0.4) is 0 Å². The predicted octanol–water partition coefficient (Wildman–Crippen LogP) is 4.12. The smallest absolute Gasteiger partial charge is 0.262 e. The Hall–Kier alpha value is -3.52. The molecular formula is C24H26N4O4. The summed E-state index contributed by atoms with van der Waals surface area (Å²) in [6, 6.07) is 14.4. The summed E-state index contributed by atoms with van der Waals surface area (Å²) in [5.41, 5.74) is 1.66. The third kappa shape index (κ3) is 4.13. The maximum atomic E-state index is 13.3. The van der Waals surface area contributed by atoms with E-state index in [0.29, 0.717) is 40.9 Å². The zero-order valence-electron chi connectivity index (χ0n) is 18.6. The summed E-state index contributed by atoms with van der Waals surface area (Å²) in [4.78, 5) is 42.2. The Labute approximate surface area is 186 Å². The molecule has 0 saturated heterocycles. The van der Waals surface area contributed by atoms with Crippen molar-refractivity contribution >= 4 is 28.7 Å². The number of fused-ring (bicyclic) bond motifs is 2. The van der Waals surface area contributed by atoms with Crippen LogP contribution in [0.25, 0.3) is 11.0 Å². The highest BCUT2D eigenvalue weighted by molar-refractivity contribution is 6.10. The monoisotopic (exact) mass is 434 g/mol. The lowest BCUT2D eigenvalue weighted by Gasteiger charge is -2.30. The number of hydroxylamine groups is 2. The Kier molecular flexibility index (Phi) is 6.05. The lowest BCUT2D eigenvalue weighted by atomic mass is 10.1. The fourth-order valence-electron chi connectivity index (χ4n) is 3.61. The van der Waals surface area contributed by atoms with Gasteiger partial charge in [-0.05, 0) is 36.6 Å². The Morgan fingerprint density at radius 2 is 1.88 bits per heavy atom. The molecule has 1 atom stereocenters. The summed E-state index contributed by atoms with van der Waals surface area (Å²) in [5.74, 6) is 0.754. The number of benzene rings is 1. The molecule has 0 saturated carbocycles. The molecule has 0 aliphatic carbocycles. The molecule has 0 fully saturated rings. The molecule has 0 radical (unpaired) electrons. The van der Waals surface area contributed by atoms with Crippen molar-refractivity contribution in [3.8, 4) is 5.88 Å². The van der Waals surface area contributed by atoms with Gasteiger partial charge in [0.15, 0.2) is 11.9 Å². The van der Waals surface area contributed by atoms with Crippen LogP contribution in [0.15, 0.2) is 48.5 Å². The highest BCUT2D eigenvalue weighted by Gasteiger charge is 2.41. The molecule has 32 heavy (non-hydrogen) atoms. The molecule has 0 N–H and O–H groups in total. The van der Waals surface area contributed by atoms with Crippen molar-refractivity contribution < 1.29 is 19.2 Å². The second-order valence-electron chi connectivity index (χ2n) is 8.09. The fourth-order valence-corrected chi connectivity index (χ4v) is 3.61. The highest BCUT2D eigenvalue weighted by Crippen LogP contribution is 2.38. The van der Waals surface area contributed by atoms with E-state index in [9.17, 15) is 9.59 Å². The maximum absolute atomic E-state index is 13.3. The minimum atomic E-state index is -0.815. The molecule has 8 nitrogen and oxygen atoms in total. The van der Waals surface area contributed by atoms with Crippen LogP contribution in [0.5, 0.6) is 5.88 Å². The number of hydrogen-bond donors (Lipinski definition) is 0. The van der Waals surface area contributed by atoms with Gasteiger partial charge in [0.2, 0.25) is 11.8 Å². The van der Waals surface area contributed by atoms with Gasteiger partial charge in [-0.15, -0.1) is 0 Å². The van der Waals surface area contributed by atoms with Crippen LogP contribution in [-0.2, 0) is 9.63 Å². The number of aromatic nitrogens is 2. The third-order valence-electron chi connectivity index (χ3n) is 5.37. The summed E-state index contributed by atoms with van der Waals surface area (Å²) in [5, 5.41) is 2.15. The molecule has 166 valence electrons. The van der Waals surface area contributed by atoms with Gasteiger partial charge in [0, 0.05) is 36.0 Å². The number of nitrogens with zero attached hydrogens (tertiary/aromatic N) is 4. The number of carbonyl (C=O) groups excluding carboxylic acids is 2. The first-order valence-electron chi connectivity index (χ1n) is 10.6. The number of hydrogen-bond acceptors (Lipinski definition) is 6. The first-order chi connectivity index (χ1) is 15.4. The van der Waals surface area contributed by atoms with Gasteiger partial charge in [0.25, 0.3) is 5.91 Å². The van der Waals surface area contributed by atoms with Gasteiger partial charge in [-0.25, -0.2) is 14.9 Å².